The molecule has 21 atom stereocenters. The lowest BCUT2D eigenvalue weighted by Crippen LogP contribution is -2.71. The molecule has 2 aliphatic heterocycles. The lowest BCUT2D eigenvalue weighted by Gasteiger charge is -2.72. The van der Waals surface area contributed by atoms with Gasteiger partial charge in [0.25, 0.3) is 0 Å². The molecule has 0 radical (unpaired) electrons. The Hall–Kier alpha value is -0.820. The van der Waals surface area contributed by atoms with Gasteiger partial charge in [-0.15, -0.1) is 0 Å². The molecule has 2 saturated heterocycles. The fraction of sp³-hybridized carbons (Fsp3) is 0.952. The average Bonchev–Trinajstić information content (AvgIpc) is 3.51. The number of rotatable bonds is 10. The highest BCUT2D eigenvalue weighted by Gasteiger charge is 2.73. The Morgan fingerprint density at radius 3 is 1.98 bits per heavy atom. The molecule has 4 aliphatic carbocycles. The summed E-state index contributed by atoms with van der Waals surface area (Å²) in [5, 5.41) is 110. The highest BCUT2D eigenvalue weighted by atomic mass is 16.8. The molecule has 6 fully saturated rings. The van der Waals surface area contributed by atoms with Gasteiger partial charge in [0.2, 0.25) is 0 Å². The van der Waals surface area contributed by atoms with Crippen molar-refractivity contribution in [3.05, 3.63) is 11.6 Å². The Morgan fingerprint density at radius 2 is 1.38 bits per heavy atom. The van der Waals surface area contributed by atoms with Crippen molar-refractivity contribution in [2.45, 2.75) is 192 Å². The molecular weight excluding hydrogens is 728 g/mol. The zero-order chi connectivity index (χ0) is 41.5. The summed E-state index contributed by atoms with van der Waals surface area (Å²) >= 11 is 0. The van der Waals surface area contributed by atoms with Gasteiger partial charge in [0, 0.05) is 0 Å². The second-order valence-corrected chi connectivity index (χ2v) is 20.3. The van der Waals surface area contributed by atoms with Crippen LogP contribution in [0.2, 0.25) is 0 Å². The van der Waals surface area contributed by atoms with Gasteiger partial charge in [-0.3, -0.25) is 0 Å². The van der Waals surface area contributed by atoms with Gasteiger partial charge in [0.05, 0.1) is 37.1 Å². The van der Waals surface area contributed by atoms with Crippen molar-refractivity contribution in [2.24, 2.45) is 45.3 Å². The van der Waals surface area contributed by atoms with Crippen molar-refractivity contribution in [2.75, 3.05) is 13.2 Å². The first-order valence-corrected chi connectivity index (χ1v) is 21.0. The largest absolute Gasteiger partial charge is 0.394 e. The summed E-state index contributed by atoms with van der Waals surface area (Å²) in [5.41, 5.74) is -1.85. The van der Waals surface area contributed by atoms with Crippen LogP contribution >= 0.6 is 0 Å². The number of ether oxygens (including phenoxy) is 4. The summed E-state index contributed by atoms with van der Waals surface area (Å²) in [6.45, 7) is 15.5. The van der Waals surface area contributed by atoms with Crippen LogP contribution in [0.25, 0.3) is 0 Å². The monoisotopic (exact) mass is 800 g/mol. The van der Waals surface area contributed by atoms with Gasteiger partial charge in [-0.1, -0.05) is 46.3 Å². The van der Waals surface area contributed by atoms with Gasteiger partial charge in [-0.2, -0.15) is 0 Å². The molecule has 10 N–H and O–H groups in total. The summed E-state index contributed by atoms with van der Waals surface area (Å²) in [5.74, 6) is -0.623. The van der Waals surface area contributed by atoms with Crippen molar-refractivity contribution in [3.8, 4) is 0 Å². The van der Waals surface area contributed by atoms with Crippen molar-refractivity contribution in [1.29, 1.82) is 0 Å². The molecule has 6 aliphatic rings. The first-order valence-electron chi connectivity index (χ1n) is 21.0. The maximum absolute atomic E-state index is 12.3. The van der Waals surface area contributed by atoms with Crippen molar-refractivity contribution >= 4 is 0 Å². The van der Waals surface area contributed by atoms with Crippen LogP contribution in [-0.2, 0) is 18.9 Å². The number of hydrogen-bond donors (Lipinski definition) is 10. The predicted octanol–water partition coefficient (Wildman–Crippen LogP) is 1.12. The molecule has 14 nitrogen and oxygen atoms in total. The Bertz CT molecular complexity index is 1400. The fourth-order valence-corrected chi connectivity index (χ4v) is 13.4. The second kappa shape index (κ2) is 15.9. The van der Waals surface area contributed by atoms with Gasteiger partial charge >= 0.3 is 0 Å². The van der Waals surface area contributed by atoms with E-state index < -0.39 is 120 Å². The van der Waals surface area contributed by atoms with E-state index in [1.165, 1.54) is 5.57 Å². The Balaban J connectivity index is 1.38. The van der Waals surface area contributed by atoms with Crippen LogP contribution in [0.15, 0.2) is 11.6 Å². The van der Waals surface area contributed by atoms with Gasteiger partial charge < -0.3 is 70.0 Å². The molecule has 0 amide bonds. The smallest absolute Gasteiger partial charge is 0.187 e. The maximum atomic E-state index is 12.3. The minimum atomic E-state index is -1.81. The average molecular weight is 801 g/mol. The standard InChI is InChI=1S/C42H72O14/c1-20(2)10-9-13-42(8,52)21-11-15-40(6)28(21)22(45)16-26-39(5)14-12-27(46)38(3,4)35(39)23(17-41(26,40)7)53-37-34(32(50)30(48)25(19-44)55-37)56-36-33(51)31(49)29(47)24(18-43)54-36/h10,21-37,43-52H,9,11-19H2,1-8H3/t21-,22?,23-,24+,25+,26+,27?,28-,29+,30+,31-,32-,33+,34+,35-,36-,37+,39+,40+,41+,42-/m0/s1. The minimum Gasteiger partial charge on any atom is -0.394 e. The summed E-state index contributed by atoms with van der Waals surface area (Å²) in [4.78, 5) is 0. The molecule has 324 valence electrons. The molecule has 14 heteroatoms. The zero-order valence-electron chi connectivity index (χ0n) is 34.6. The van der Waals surface area contributed by atoms with Gasteiger partial charge in [0.15, 0.2) is 12.6 Å². The van der Waals surface area contributed by atoms with Gasteiger partial charge in [0.1, 0.15) is 48.8 Å². The first-order chi connectivity index (χ1) is 26.0. The van der Waals surface area contributed by atoms with E-state index in [1.54, 1.807) is 0 Å². The lowest BCUT2D eigenvalue weighted by molar-refractivity contribution is -0.383. The van der Waals surface area contributed by atoms with Crippen LogP contribution in [0.3, 0.4) is 0 Å². The summed E-state index contributed by atoms with van der Waals surface area (Å²) in [6.07, 6.45) is -10.6. The molecule has 56 heavy (non-hydrogen) atoms. The number of aliphatic hydroxyl groups excluding tert-OH is 9. The minimum absolute atomic E-state index is 0.0169. The van der Waals surface area contributed by atoms with E-state index >= 15 is 0 Å². The molecule has 0 spiro atoms. The zero-order valence-corrected chi connectivity index (χ0v) is 34.6. The van der Waals surface area contributed by atoms with Gasteiger partial charge in [-0.25, -0.2) is 0 Å². The van der Waals surface area contributed by atoms with E-state index in [4.69, 9.17) is 18.9 Å². The van der Waals surface area contributed by atoms with E-state index in [2.05, 4.69) is 26.8 Å². The van der Waals surface area contributed by atoms with Crippen LogP contribution in [0.1, 0.15) is 107 Å². The topological polar surface area (TPSA) is 239 Å². The normalized spacial score (nSPS) is 52.6. The maximum Gasteiger partial charge on any atom is 0.187 e. The third-order valence-corrected chi connectivity index (χ3v) is 16.5. The quantitative estimate of drug-likeness (QED) is 0.110. The molecule has 4 saturated carbocycles. The van der Waals surface area contributed by atoms with Crippen LogP contribution < -0.4 is 0 Å². The van der Waals surface area contributed by atoms with Crippen LogP contribution in [0, 0.1) is 45.3 Å². The van der Waals surface area contributed by atoms with E-state index in [-0.39, 0.29) is 23.7 Å². The van der Waals surface area contributed by atoms with Crippen molar-refractivity contribution in [1.82, 2.24) is 0 Å². The van der Waals surface area contributed by atoms with Gasteiger partial charge in [-0.05, 0) is 117 Å². The lowest BCUT2D eigenvalue weighted by atomic mass is 9.34. The highest BCUT2D eigenvalue weighted by molar-refractivity contribution is 5.22. The van der Waals surface area contributed by atoms with Crippen LogP contribution in [0.5, 0.6) is 0 Å². The summed E-state index contributed by atoms with van der Waals surface area (Å²) < 4.78 is 24.9. The van der Waals surface area contributed by atoms with E-state index in [0.29, 0.717) is 32.1 Å². The molecule has 0 aromatic rings. The number of allylic oxidation sites excluding steroid dienone is 2. The number of fused-ring (bicyclic) bond motifs is 5. The second-order valence-electron chi connectivity index (χ2n) is 20.3. The number of hydrogen-bond acceptors (Lipinski definition) is 14. The molecule has 0 bridgehead atoms. The Kier molecular flexibility index (Phi) is 12.7. The van der Waals surface area contributed by atoms with Crippen molar-refractivity contribution in [3.63, 3.8) is 0 Å². The molecular formula is C42H72O14. The van der Waals surface area contributed by atoms with Crippen LogP contribution in [-0.4, -0.2) is 150 Å². The molecule has 2 heterocycles. The van der Waals surface area contributed by atoms with Crippen molar-refractivity contribution < 1.29 is 70.0 Å². The summed E-state index contributed by atoms with van der Waals surface area (Å²) in [7, 11) is 0. The molecule has 0 aromatic heterocycles. The molecule has 2 unspecified atom stereocenters. The van der Waals surface area contributed by atoms with Crippen LogP contribution in [0.4, 0.5) is 0 Å². The Labute approximate surface area is 331 Å². The molecule has 6 rings (SSSR count). The van der Waals surface area contributed by atoms with E-state index in [9.17, 15) is 51.1 Å². The van der Waals surface area contributed by atoms with E-state index in [0.717, 1.165) is 19.3 Å². The predicted molar refractivity (Wildman–Crippen MR) is 202 cm³/mol. The first kappa shape index (κ1) is 44.7. The third-order valence-electron chi connectivity index (χ3n) is 16.5. The highest BCUT2D eigenvalue weighted by Crippen LogP contribution is 2.76. The molecule has 0 aromatic carbocycles. The fourth-order valence-electron chi connectivity index (χ4n) is 13.4. The van der Waals surface area contributed by atoms with E-state index in [1.807, 2.05) is 34.6 Å². The SMILES string of the molecule is CC(C)=CCC[C@](C)(O)[C@H]1CC[C@]2(C)[C@@H]1C(O)C[C@@H]1[C@@]3(C)CCC(O)C(C)(C)[C@@H]3[C@@H](O[C@@H]3O[C@H](CO)[C@@H](O)[C@H](O)[C@H]3O[C@@H]3O[C@H](CO)[C@@H](O)[C@H](O)[C@H]3O)C[C@]12C. The summed E-state index contributed by atoms with van der Waals surface area (Å²) in [6, 6.07) is 0. The third kappa shape index (κ3) is 7.16. The Morgan fingerprint density at radius 1 is 0.768 bits per heavy atom. The number of aliphatic hydroxyl groups is 10.